The lowest BCUT2D eigenvalue weighted by molar-refractivity contribution is -0.132. The van der Waals surface area contributed by atoms with Crippen molar-refractivity contribution in [3.63, 3.8) is 0 Å². The number of carbonyl (C=O) groups is 1. The fourth-order valence-corrected chi connectivity index (χ4v) is 0.612. The summed E-state index contributed by atoms with van der Waals surface area (Å²) >= 11 is -2.35. The lowest BCUT2D eigenvalue weighted by Crippen LogP contribution is -2.07. The molecule has 0 aromatic rings. The lowest BCUT2D eigenvalue weighted by atomic mass is 10.4. The summed E-state index contributed by atoms with van der Waals surface area (Å²) in [5.74, 6) is -1.78. The molecular formula is C4H5O4S-. The predicted octanol–water partition coefficient (Wildman–Crippen LogP) is -0.494. The van der Waals surface area contributed by atoms with E-state index in [2.05, 4.69) is 6.58 Å². The number of carboxylic acid groups (broad SMARTS) is 1. The Morgan fingerprint density at radius 1 is 1.78 bits per heavy atom. The summed E-state index contributed by atoms with van der Waals surface area (Å²) in [6.45, 7) is 3.00. The molecule has 0 fully saturated rings. The molecule has 0 aliphatic carbocycles. The van der Waals surface area contributed by atoms with Crippen LogP contribution in [0.1, 0.15) is 0 Å². The van der Waals surface area contributed by atoms with Crippen LogP contribution in [0.4, 0.5) is 0 Å². The maximum absolute atomic E-state index is 9.86. The van der Waals surface area contributed by atoms with Crippen molar-refractivity contribution in [3.8, 4) is 0 Å². The van der Waals surface area contributed by atoms with Gasteiger partial charge in [0.1, 0.15) is 0 Å². The van der Waals surface area contributed by atoms with E-state index < -0.39 is 22.8 Å². The normalized spacial score (nSPS) is 12.6. The van der Waals surface area contributed by atoms with Crippen LogP contribution in [-0.4, -0.2) is 25.6 Å². The Morgan fingerprint density at radius 3 is 2.33 bits per heavy atom. The quantitative estimate of drug-likeness (QED) is 0.433. The SMILES string of the molecule is C=C(CS(=O)[O-])C(=O)O. The van der Waals surface area contributed by atoms with Crippen molar-refractivity contribution >= 4 is 17.0 Å². The highest BCUT2D eigenvalue weighted by atomic mass is 32.2. The first-order chi connectivity index (χ1) is 4.04. The van der Waals surface area contributed by atoms with E-state index >= 15 is 0 Å². The number of rotatable bonds is 3. The van der Waals surface area contributed by atoms with E-state index in [1.54, 1.807) is 0 Å². The average molecular weight is 149 g/mol. The number of aliphatic carboxylic acids is 1. The minimum absolute atomic E-state index is 0.316. The number of hydrogen-bond donors (Lipinski definition) is 1. The Kier molecular flexibility index (Phi) is 3.11. The molecule has 0 heterocycles. The Labute approximate surface area is 54.5 Å². The maximum atomic E-state index is 9.86. The molecule has 0 aromatic carbocycles. The summed E-state index contributed by atoms with van der Waals surface area (Å²) in [6, 6.07) is 0. The largest absolute Gasteiger partial charge is 0.772 e. The van der Waals surface area contributed by atoms with Crippen LogP contribution in [0, 0.1) is 0 Å². The van der Waals surface area contributed by atoms with E-state index in [0.29, 0.717) is 0 Å². The van der Waals surface area contributed by atoms with Crippen LogP contribution in [0.25, 0.3) is 0 Å². The Morgan fingerprint density at radius 2 is 2.22 bits per heavy atom. The van der Waals surface area contributed by atoms with E-state index in [1.807, 2.05) is 0 Å². The monoisotopic (exact) mass is 149 g/mol. The number of carboxylic acids is 1. The first kappa shape index (κ1) is 8.32. The third-order valence-corrected chi connectivity index (χ3v) is 1.18. The van der Waals surface area contributed by atoms with Gasteiger partial charge in [-0.2, -0.15) is 0 Å². The van der Waals surface area contributed by atoms with Gasteiger partial charge >= 0.3 is 5.97 Å². The molecule has 0 amide bonds. The number of hydrogen-bond acceptors (Lipinski definition) is 3. The van der Waals surface area contributed by atoms with Crippen LogP contribution >= 0.6 is 0 Å². The molecule has 4 nitrogen and oxygen atoms in total. The third-order valence-electron chi connectivity index (χ3n) is 0.595. The smallest absolute Gasteiger partial charge is 0.331 e. The first-order valence-corrected chi connectivity index (χ1v) is 3.25. The van der Waals surface area contributed by atoms with E-state index in [1.165, 1.54) is 0 Å². The van der Waals surface area contributed by atoms with E-state index in [4.69, 9.17) is 5.11 Å². The standard InChI is InChI=1S/C4H6O4S/c1-3(4(5)6)2-9(7)8/h1-2H2,(H,5,6)(H,7,8)/p-1. The topological polar surface area (TPSA) is 77.4 Å². The molecule has 0 rings (SSSR count). The first-order valence-electron chi connectivity index (χ1n) is 2.01. The Hall–Kier alpha value is -0.680. The summed E-state index contributed by atoms with van der Waals surface area (Å²) in [7, 11) is 0. The molecule has 0 aliphatic rings. The van der Waals surface area contributed by atoms with E-state index in [-0.39, 0.29) is 5.57 Å². The van der Waals surface area contributed by atoms with Crippen molar-refractivity contribution in [1.82, 2.24) is 0 Å². The second kappa shape index (κ2) is 3.37. The lowest BCUT2D eigenvalue weighted by Gasteiger charge is -2.02. The van der Waals surface area contributed by atoms with Crippen LogP contribution < -0.4 is 0 Å². The van der Waals surface area contributed by atoms with Crippen LogP contribution in [0.5, 0.6) is 0 Å². The van der Waals surface area contributed by atoms with Gasteiger partial charge in [-0.1, -0.05) is 17.7 Å². The summed E-state index contributed by atoms with van der Waals surface area (Å²) in [5, 5.41) is 8.06. The van der Waals surface area contributed by atoms with Crippen molar-refractivity contribution in [2.45, 2.75) is 0 Å². The van der Waals surface area contributed by atoms with Crippen molar-refractivity contribution in [1.29, 1.82) is 0 Å². The van der Waals surface area contributed by atoms with Crippen LogP contribution in [0.15, 0.2) is 12.2 Å². The van der Waals surface area contributed by atoms with Gasteiger partial charge in [-0.25, -0.2) is 4.79 Å². The minimum Gasteiger partial charge on any atom is -0.772 e. The Bertz CT molecular complexity index is 162. The van der Waals surface area contributed by atoms with Crippen molar-refractivity contribution in [2.75, 3.05) is 5.75 Å². The van der Waals surface area contributed by atoms with Crippen LogP contribution in [0.2, 0.25) is 0 Å². The van der Waals surface area contributed by atoms with Gasteiger partial charge < -0.3 is 9.66 Å². The zero-order valence-electron chi connectivity index (χ0n) is 4.49. The molecular weight excluding hydrogens is 144 g/mol. The second-order valence-corrected chi connectivity index (χ2v) is 2.25. The van der Waals surface area contributed by atoms with Crippen molar-refractivity contribution in [3.05, 3.63) is 12.2 Å². The van der Waals surface area contributed by atoms with E-state index in [9.17, 15) is 13.6 Å². The molecule has 1 N–H and O–H groups in total. The highest BCUT2D eigenvalue weighted by Crippen LogP contribution is 1.90. The van der Waals surface area contributed by atoms with Gasteiger partial charge in [-0.3, -0.25) is 4.21 Å². The van der Waals surface area contributed by atoms with Crippen LogP contribution in [0.3, 0.4) is 0 Å². The third kappa shape index (κ3) is 3.87. The molecule has 0 spiro atoms. The van der Waals surface area contributed by atoms with Gasteiger partial charge in [0.05, 0.1) is 0 Å². The highest BCUT2D eigenvalue weighted by Gasteiger charge is 2.01. The zero-order chi connectivity index (χ0) is 7.44. The van der Waals surface area contributed by atoms with Crippen LogP contribution in [-0.2, 0) is 15.9 Å². The Balaban J connectivity index is 3.79. The van der Waals surface area contributed by atoms with E-state index in [0.717, 1.165) is 0 Å². The zero-order valence-corrected chi connectivity index (χ0v) is 5.31. The molecule has 1 unspecified atom stereocenters. The van der Waals surface area contributed by atoms with Crippen molar-refractivity contribution < 1.29 is 18.7 Å². The molecule has 0 saturated heterocycles. The van der Waals surface area contributed by atoms with Gasteiger partial charge in [-0.15, -0.1) is 0 Å². The summed E-state index contributed by atoms with van der Waals surface area (Å²) in [4.78, 5) is 9.86. The molecule has 0 bridgehead atoms. The fraction of sp³-hybridized carbons (Fsp3) is 0.250. The summed E-state index contributed by atoms with van der Waals surface area (Å²) in [6.07, 6.45) is 0. The second-order valence-electron chi connectivity index (χ2n) is 1.36. The van der Waals surface area contributed by atoms with Gasteiger partial charge in [0.15, 0.2) is 0 Å². The molecule has 5 heteroatoms. The predicted molar refractivity (Wildman–Crippen MR) is 30.6 cm³/mol. The van der Waals surface area contributed by atoms with Gasteiger partial charge in [0.2, 0.25) is 0 Å². The summed E-state index contributed by atoms with van der Waals surface area (Å²) in [5.41, 5.74) is -0.316. The maximum Gasteiger partial charge on any atom is 0.331 e. The highest BCUT2D eigenvalue weighted by molar-refractivity contribution is 7.79. The average Bonchev–Trinajstić information content (AvgIpc) is 1.63. The molecule has 0 radical (unpaired) electrons. The minimum atomic E-state index is -2.35. The molecule has 0 saturated carbocycles. The van der Waals surface area contributed by atoms with Gasteiger partial charge in [0, 0.05) is 11.3 Å². The molecule has 0 aromatic heterocycles. The van der Waals surface area contributed by atoms with Gasteiger partial charge in [0.25, 0.3) is 0 Å². The van der Waals surface area contributed by atoms with Gasteiger partial charge in [-0.05, 0) is 0 Å². The molecule has 52 valence electrons. The summed E-state index contributed by atoms with van der Waals surface area (Å²) < 4.78 is 19.6. The molecule has 9 heavy (non-hydrogen) atoms. The molecule has 0 aliphatic heterocycles. The van der Waals surface area contributed by atoms with Crippen molar-refractivity contribution in [2.24, 2.45) is 0 Å². The fourth-order valence-electron chi connectivity index (χ4n) is 0.204. The molecule has 1 atom stereocenters.